The molecule has 9 heteroatoms. The van der Waals surface area contributed by atoms with Crippen molar-refractivity contribution in [1.82, 2.24) is 20.2 Å². The minimum absolute atomic E-state index is 0.0589. The van der Waals surface area contributed by atoms with Gasteiger partial charge in [0.1, 0.15) is 11.5 Å². The summed E-state index contributed by atoms with van der Waals surface area (Å²) in [4.78, 5) is 32.1. The molecule has 0 saturated heterocycles. The van der Waals surface area contributed by atoms with Crippen LogP contribution in [0.3, 0.4) is 0 Å². The van der Waals surface area contributed by atoms with Gasteiger partial charge in [-0.3, -0.25) is 4.79 Å². The van der Waals surface area contributed by atoms with E-state index in [1.807, 2.05) is 0 Å². The number of nitrogens with zero attached hydrogens (tertiary/aromatic N) is 3. The van der Waals surface area contributed by atoms with Crippen molar-refractivity contribution < 1.29 is 14.3 Å². The molecular formula is C19H14FN5O3. The third-order valence-corrected chi connectivity index (χ3v) is 4.85. The highest BCUT2D eigenvalue weighted by Crippen LogP contribution is 2.33. The lowest BCUT2D eigenvalue weighted by molar-refractivity contribution is 0.201. The van der Waals surface area contributed by atoms with Crippen molar-refractivity contribution in [3.8, 4) is 11.3 Å². The smallest absolute Gasteiger partial charge is 0.414 e. The third-order valence-electron chi connectivity index (χ3n) is 4.85. The fourth-order valence-electron chi connectivity index (χ4n) is 3.40. The molecule has 5 rings (SSSR count). The van der Waals surface area contributed by atoms with E-state index in [1.165, 1.54) is 23.1 Å². The summed E-state index contributed by atoms with van der Waals surface area (Å²) in [6.07, 6.45) is 0.555. The number of carbonyl (C=O) groups is 1. The normalized spacial score (nSPS) is 13.9. The lowest BCUT2D eigenvalue weighted by Gasteiger charge is -2.14. The minimum Gasteiger partial charge on any atom is -0.465 e. The molecule has 2 heterocycles. The molecule has 2 aromatic heterocycles. The van der Waals surface area contributed by atoms with E-state index in [4.69, 9.17) is 0 Å². The van der Waals surface area contributed by atoms with Gasteiger partial charge in [-0.2, -0.15) is 5.10 Å². The summed E-state index contributed by atoms with van der Waals surface area (Å²) >= 11 is 0. The number of carboxylic acid groups (broad SMARTS) is 1. The van der Waals surface area contributed by atoms with Crippen molar-refractivity contribution >= 4 is 33.8 Å². The SMILES string of the molecule is O=C(O)N(c1nc2ccc(-c3n[nH]c(=O)c4cccc(F)c34)cc2[nH]1)C1CC1. The van der Waals surface area contributed by atoms with Gasteiger partial charge in [0.05, 0.1) is 21.8 Å². The fourth-order valence-corrected chi connectivity index (χ4v) is 3.40. The first-order chi connectivity index (χ1) is 13.5. The lowest BCUT2D eigenvalue weighted by atomic mass is 10.0. The Bertz CT molecular complexity index is 1310. The van der Waals surface area contributed by atoms with Crippen LogP contribution in [0.25, 0.3) is 33.1 Å². The van der Waals surface area contributed by atoms with E-state index in [-0.39, 0.29) is 22.8 Å². The number of fused-ring (bicyclic) bond motifs is 2. The van der Waals surface area contributed by atoms with Crippen molar-refractivity contribution in [3.63, 3.8) is 0 Å². The van der Waals surface area contributed by atoms with Gasteiger partial charge in [-0.15, -0.1) is 0 Å². The highest BCUT2D eigenvalue weighted by Gasteiger charge is 2.35. The second-order valence-corrected chi connectivity index (χ2v) is 6.74. The Hall–Kier alpha value is -3.75. The van der Waals surface area contributed by atoms with Crippen LogP contribution >= 0.6 is 0 Å². The maximum atomic E-state index is 14.4. The molecule has 0 bridgehead atoms. The molecule has 0 spiro atoms. The Morgan fingerprint density at radius 3 is 2.82 bits per heavy atom. The zero-order valence-corrected chi connectivity index (χ0v) is 14.4. The number of hydrogen-bond donors (Lipinski definition) is 3. The van der Waals surface area contributed by atoms with Crippen LogP contribution < -0.4 is 10.5 Å². The highest BCUT2D eigenvalue weighted by molar-refractivity contribution is 5.96. The first kappa shape index (κ1) is 16.4. The molecule has 28 heavy (non-hydrogen) atoms. The molecule has 1 amide bonds. The summed E-state index contributed by atoms with van der Waals surface area (Å²) in [5.41, 5.74) is 1.58. The number of anilines is 1. The highest BCUT2D eigenvalue weighted by atomic mass is 19.1. The molecule has 1 aliphatic rings. The van der Waals surface area contributed by atoms with Crippen LogP contribution in [0.15, 0.2) is 41.2 Å². The van der Waals surface area contributed by atoms with Gasteiger partial charge < -0.3 is 10.1 Å². The zero-order valence-electron chi connectivity index (χ0n) is 14.4. The molecule has 140 valence electrons. The average molecular weight is 379 g/mol. The van der Waals surface area contributed by atoms with Gasteiger partial charge in [-0.05, 0) is 37.1 Å². The quantitative estimate of drug-likeness (QED) is 0.505. The van der Waals surface area contributed by atoms with Crippen LogP contribution in [0.4, 0.5) is 15.1 Å². The van der Waals surface area contributed by atoms with Crippen LogP contribution in [-0.2, 0) is 0 Å². The number of imidazole rings is 1. The predicted molar refractivity (Wildman–Crippen MR) is 101 cm³/mol. The number of benzene rings is 2. The summed E-state index contributed by atoms with van der Waals surface area (Å²) < 4.78 is 14.4. The molecule has 0 aliphatic heterocycles. The zero-order chi connectivity index (χ0) is 19.4. The van der Waals surface area contributed by atoms with E-state index in [2.05, 4.69) is 20.2 Å². The molecule has 0 unspecified atom stereocenters. The minimum atomic E-state index is -1.06. The van der Waals surface area contributed by atoms with Crippen molar-refractivity contribution in [2.75, 3.05) is 4.90 Å². The molecule has 0 atom stereocenters. The fraction of sp³-hybridized carbons (Fsp3) is 0.158. The predicted octanol–water partition coefficient (Wildman–Crippen LogP) is 3.25. The standard InChI is InChI=1S/C19H14FN5O3/c20-12-3-1-2-11-15(12)16(23-24-17(11)26)9-4-7-13-14(8-9)22-18(21-13)25(19(27)28)10-5-6-10/h1-4,7-8,10H,5-6H2,(H,21,22)(H,24,26)(H,27,28). The van der Waals surface area contributed by atoms with E-state index in [9.17, 15) is 19.1 Å². The maximum Gasteiger partial charge on any atom is 0.414 e. The monoisotopic (exact) mass is 379 g/mol. The molecule has 1 saturated carbocycles. The summed E-state index contributed by atoms with van der Waals surface area (Å²) in [6.45, 7) is 0. The molecule has 8 nitrogen and oxygen atoms in total. The first-order valence-corrected chi connectivity index (χ1v) is 8.72. The molecule has 3 N–H and O–H groups in total. The van der Waals surface area contributed by atoms with Gasteiger partial charge in [0, 0.05) is 11.6 Å². The third kappa shape index (κ3) is 2.51. The van der Waals surface area contributed by atoms with Gasteiger partial charge in [-0.25, -0.2) is 24.2 Å². The van der Waals surface area contributed by atoms with Crippen molar-refractivity contribution in [1.29, 1.82) is 0 Å². The number of aromatic amines is 2. The number of aromatic nitrogens is 4. The first-order valence-electron chi connectivity index (χ1n) is 8.72. The molecule has 1 aliphatic carbocycles. The van der Waals surface area contributed by atoms with E-state index < -0.39 is 17.5 Å². The van der Waals surface area contributed by atoms with Crippen LogP contribution in [0.2, 0.25) is 0 Å². The summed E-state index contributed by atoms with van der Waals surface area (Å²) in [7, 11) is 0. The van der Waals surface area contributed by atoms with Crippen molar-refractivity contribution in [2.45, 2.75) is 18.9 Å². The second-order valence-electron chi connectivity index (χ2n) is 6.74. The van der Waals surface area contributed by atoms with Crippen LogP contribution in [0, 0.1) is 5.82 Å². The van der Waals surface area contributed by atoms with E-state index in [1.54, 1.807) is 18.2 Å². The maximum absolute atomic E-state index is 14.4. The Kier molecular flexibility index (Phi) is 3.45. The van der Waals surface area contributed by atoms with Gasteiger partial charge in [0.25, 0.3) is 5.56 Å². The molecule has 0 radical (unpaired) electrons. The Morgan fingerprint density at radius 1 is 1.25 bits per heavy atom. The van der Waals surface area contributed by atoms with Crippen LogP contribution in [0.5, 0.6) is 0 Å². The molecule has 4 aromatic rings. The molecular weight excluding hydrogens is 365 g/mol. The largest absolute Gasteiger partial charge is 0.465 e. The van der Waals surface area contributed by atoms with Gasteiger partial charge in [0.15, 0.2) is 0 Å². The van der Waals surface area contributed by atoms with Gasteiger partial charge >= 0.3 is 6.09 Å². The number of halogens is 1. The van der Waals surface area contributed by atoms with Gasteiger partial charge in [-0.1, -0.05) is 12.1 Å². The van der Waals surface area contributed by atoms with Gasteiger partial charge in [0.2, 0.25) is 5.95 Å². The van der Waals surface area contributed by atoms with E-state index >= 15 is 0 Å². The average Bonchev–Trinajstić information content (AvgIpc) is 3.40. The van der Waals surface area contributed by atoms with Crippen LogP contribution in [0.1, 0.15) is 12.8 Å². The van der Waals surface area contributed by atoms with Crippen LogP contribution in [-0.4, -0.2) is 37.4 Å². The number of H-pyrrole nitrogens is 2. The summed E-state index contributed by atoms with van der Waals surface area (Å²) in [6, 6.07) is 9.36. The lowest BCUT2D eigenvalue weighted by Crippen LogP contribution is -2.32. The number of rotatable bonds is 3. The second kappa shape index (κ2) is 5.88. The molecule has 2 aromatic carbocycles. The number of amides is 1. The Morgan fingerprint density at radius 2 is 2.07 bits per heavy atom. The van der Waals surface area contributed by atoms with E-state index in [0.717, 1.165) is 12.8 Å². The Balaban J connectivity index is 1.67. The van der Waals surface area contributed by atoms with Crippen molar-refractivity contribution in [2.24, 2.45) is 0 Å². The van der Waals surface area contributed by atoms with Crippen molar-refractivity contribution in [3.05, 3.63) is 52.6 Å². The topological polar surface area (TPSA) is 115 Å². The number of nitrogens with one attached hydrogen (secondary N) is 2. The number of hydrogen-bond acceptors (Lipinski definition) is 4. The summed E-state index contributed by atoms with van der Waals surface area (Å²) in [5, 5.41) is 16.2. The van der Waals surface area contributed by atoms with E-state index in [0.29, 0.717) is 22.3 Å². The summed E-state index contributed by atoms with van der Waals surface area (Å²) in [5.74, 6) is -0.283. The molecule has 1 fully saturated rings. The Labute approximate surface area is 156 Å².